The number of thioether (sulfide) groups is 1. The molecule has 6 nitrogen and oxygen atoms in total. The number of aliphatic hydroxyl groups excluding tert-OH is 1. The molecule has 0 spiro atoms. The van der Waals surface area contributed by atoms with E-state index in [-0.39, 0.29) is 17.8 Å². The van der Waals surface area contributed by atoms with Crippen LogP contribution in [0, 0.1) is 17.1 Å². The van der Waals surface area contributed by atoms with Crippen LogP contribution in [0.2, 0.25) is 0 Å². The van der Waals surface area contributed by atoms with E-state index < -0.39 is 40.3 Å². The number of halogens is 4. The zero-order valence-corrected chi connectivity index (χ0v) is 19.4. The minimum atomic E-state index is -5.15. The highest BCUT2D eigenvalue weighted by Crippen LogP contribution is 2.44. The van der Waals surface area contributed by atoms with E-state index in [4.69, 9.17) is 22.2 Å². The van der Waals surface area contributed by atoms with Crippen molar-refractivity contribution in [3.8, 4) is 11.8 Å². The maximum absolute atomic E-state index is 15.1. The molecular weight excluding hydrogens is 494 g/mol. The first-order chi connectivity index (χ1) is 15.9. The number of benzene rings is 2. The van der Waals surface area contributed by atoms with Crippen LogP contribution in [0.25, 0.3) is 0 Å². The summed E-state index contributed by atoms with van der Waals surface area (Å²) >= 11 is 6.88. The molecule has 178 valence electrons. The Labute approximate surface area is 201 Å². The van der Waals surface area contributed by atoms with Crippen LogP contribution < -0.4 is 14.5 Å². The maximum Gasteiger partial charge on any atom is 0.420 e. The third-order valence-electron chi connectivity index (χ3n) is 5.54. The second kappa shape index (κ2) is 8.41. The molecule has 2 aromatic carbocycles. The highest BCUT2D eigenvalue weighted by Gasteiger charge is 2.52. The molecule has 2 aliphatic rings. The lowest BCUT2D eigenvalue weighted by molar-refractivity contribution is -0.140. The second-order valence-electron chi connectivity index (χ2n) is 8.11. The summed E-state index contributed by atoms with van der Waals surface area (Å²) in [4.78, 5) is 16.2. The summed E-state index contributed by atoms with van der Waals surface area (Å²) in [6.07, 6.45) is -5.50. The Morgan fingerprint density at radius 1 is 1.32 bits per heavy atom. The number of alkyl halides is 3. The Bertz CT molecular complexity index is 1240. The van der Waals surface area contributed by atoms with Gasteiger partial charge in [0.15, 0.2) is 10.9 Å². The monoisotopic (exact) mass is 511 g/mol. The largest absolute Gasteiger partial charge is 0.486 e. The van der Waals surface area contributed by atoms with Crippen LogP contribution in [-0.2, 0) is 11.0 Å². The number of fused-ring (bicyclic) bond motifs is 1. The van der Waals surface area contributed by atoms with Gasteiger partial charge < -0.3 is 14.7 Å². The summed E-state index contributed by atoms with van der Waals surface area (Å²) in [5, 5.41) is 18.1. The van der Waals surface area contributed by atoms with Crippen LogP contribution in [0.5, 0.6) is 5.75 Å². The molecule has 1 amide bonds. The van der Waals surface area contributed by atoms with Crippen molar-refractivity contribution in [2.75, 3.05) is 22.2 Å². The van der Waals surface area contributed by atoms with Gasteiger partial charge in [-0.05, 0) is 56.4 Å². The molecule has 2 aliphatic heterocycles. The average molecular weight is 512 g/mol. The Hall–Kier alpha value is -2.88. The predicted octanol–water partition coefficient (Wildman–Crippen LogP) is 4.48. The molecule has 2 aromatic rings. The number of hydrogen-bond acceptors (Lipinski definition) is 6. The lowest BCUT2D eigenvalue weighted by atomic mass is 10.0. The van der Waals surface area contributed by atoms with Gasteiger partial charge in [0.1, 0.15) is 23.0 Å². The zero-order valence-electron chi connectivity index (χ0n) is 17.8. The number of amides is 1. The molecule has 0 aromatic heterocycles. The number of nitrogens with zero attached hydrogens (tertiary/aromatic N) is 3. The first-order valence-corrected chi connectivity index (χ1v) is 11.3. The smallest absolute Gasteiger partial charge is 0.420 e. The summed E-state index contributed by atoms with van der Waals surface area (Å²) in [6.45, 7) is 2.91. The SMILES string of the molecule is CC1(C)C(=O)N(c2ccc(C#N)c(C(F)(F)F)c2F)C(=S)N1c1ccc2c(c1)SC[C@@H](CO)O2. The minimum Gasteiger partial charge on any atom is -0.486 e. The van der Waals surface area contributed by atoms with Gasteiger partial charge in [-0.3, -0.25) is 9.69 Å². The zero-order chi connectivity index (χ0) is 25.0. The molecule has 0 bridgehead atoms. The van der Waals surface area contributed by atoms with Crippen LogP contribution in [-0.4, -0.2) is 40.1 Å². The van der Waals surface area contributed by atoms with E-state index in [0.29, 0.717) is 17.2 Å². The summed E-state index contributed by atoms with van der Waals surface area (Å²) in [6, 6.07) is 8.08. The van der Waals surface area contributed by atoms with E-state index in [1.165, 1.54) is 36.6 Å². The van der Waals surface area contributed by atoms with Crippen molar-refractivity contribution in [3.05, 3.63) is 47.3 Å². The number of hydrogen-bond donors (Lipinski definition) is 1. The van der Waals surface area contributed by atoms with Crippen LogP contribution in [0.4, 0.5) is 28.9 Å². The van der Waals surface area contributed by atoms with Gasteiger partial charge in [0.2, 0.25) is 0 Å². The molecule has 34 heavy (non-hydrogen) atoms. The number of rotatable bonds is 3. The molecule has 0 aliphatic carbocycles. The highest BCUT2D eigenvalue weighted by atomic mass is 32.2. The number of nitriles is 1. The van der Waals surface area contributed by atoms with E-state index in [2.05, 4.69) is 0 Å². The molecule has 0 unspecified atom stereocenters. The Balaban J connectivity index is 1.78. The topological polar surface area (TPSA) is 76.8 Å². The Morgan fingerprint density at radius 3 is 2.65 bits per heavy atom. The molecule has 4 rings (SSSR count). The first-order valence-electron chi connectivity index (χ1n) is 9.94. The summed E-state index contributed by atoms with van der Waals surface area (Å²) < 4.78 is 61.3. The van der Waals surface area contributed by atoms with Crippen molar-refractivity contribution >= 4 is 46.4 Å². The molecule has 1 saturated heterocycles. The van der Waals surface area contributed by atoms with E-state index in [1.54, 1.807) is 18.2 Å². The van der Waals surface area contributed by atoms with Gasteiger partial charge in [-0.2, -0.15) is 18.4 Å². The van der Waals surface area contributed by atoms with Gasteiger partial charge in [0, 0.05) is 11.4 Å². The summed E-state index contributed by atoms with van der Waals surface area (Å²) in [7, 11) is 0. The highest BCUT2D eigenvalue weighted by molar-refractivity contribution is 7.99. The van der Waals surface area contributed by atoms with Crippen LogP contribution in [0.3, 0.4) is 0 Å². The number of carbonyl (C=O) groups is 1. The fourth-order valence-electron chi connectivity index (χ4n) is 3.88. The first kappa shape index (κ1) is 24.3. The minimum absolute atomic E-state index is 0.142. The third-order valence-corrected chi connectivity index (χ3v) is 7.08. The maximum atomic E-state index is 15.1. The lowest BCUT2D eigenvalue weighted by Gasteiger charge is -2.31. The quantitative estimate of drug-likeness (QED) is 0.481. The number of aliphatic hydroxyl groups is 1. The molecule has 12 heteroatoms. The number of carbonyl (C=O) groups excluding carboxylic acids is 1. The fraction of sp³-hybridized carbons (Fsp3) is 0.318. The van der Waals surface area contributed by atoms with Crippen molar-refractivity contribution in [3.63, 3.8) is 0 Å². The molecule has 1 N–H and O–H groups in total. The van der Waals surface area contributed by atoms with E-state index in [9.17, 15) is 23.1 Å². The average Bonchev–Trinajstić information content (AvgIpc) is 2.95. The summed E-state index contributed by atoms with van der Waals surface area (Å²) in [5.74, 6) is -1.43. The van der Waals surface area contributed by atoms with Gasteiger partial charge in [-0.15, -0.1) is 11.8 Å². The number of ether oxygens (including phenoxy) is 1. The second-order valence-corrected chi connectivity index (χ2v) is 9.54. The van der Waals surface area contributed by atoms with Gasteiger partial charge in [0.25, 0.3) is 5.91 Å². The van der Waals surface area contributed by atoms with Crippen molar-refractivity contribution in [1.82, 2.24) is 0 Å². The van der Waals surface area contributed by atoms with Gasteiger partial charge in [-0.1, -0.05) is 0 Å². The van der Waals surface area contributed by atoms with Gasteiger partial charge in [0.05, 0.1) is 28.8 Å². The normalized spacial score (nSPS) is 19.6. The fourth-order valence-corrected chi connectivity index (χ4v) is 5.40. The van der Waals surface area contributed by atoms with E-state index in [1.807, 2.05) is 0 Å². The molecule has 1 atom stereocenters. The third kappa shape index (κ3) is 3.77. The molecule has 0 radical (unpaired) electrons. The molecule has 0 saturated carbocycles. The van der Waals surface area contributed by atoms with Crippen molar-refractivity contribution in [1.29, 1.82) is 5.26 Å². The summed E-state index contributed by atoms with van der Waals surface area (Å²) in [5.41, 5.74) is -4.21. The Morgan fingerprint density at radius 2 is 2.03 bits per heavy atom. The van der Waals surface area contributed by atoms with Gasteiger partial charge in [-0.25, -0.2) is 4.39 Å². The number of anilines is 2. The lowest BCUT2D eigenvalue weighted by Crippen LogP contribution is -2.44. The van der Waals surface area contributed by atoms with Crippen molar-refractivity contribution in [2.24, 2.45) is 0 Å². The standard InChI is InChI=1S/C22H17F4N3O3S2/c1-21(2)19(31)28(14-5-3-11(8-27)17(18(14)23)22(24,25)26)20(33)29(21)12-4-6-15-16(7-12)34-10-13(9-30)32-15/h3-7,13,30H,9-10H2,1-2H3/t13-/m1/s1. The van der Waals surface area contributed by atoms with E-state index >= 15 is 4.39 Å². The van der Waals surface area contributed by atoms with Gasteiger partial charge >= 0.3 is 6.18 Å². The van der Waals surface area contributed by atoms with Crippen molar-refractivity contribution in [2.45, 2.75) is 36.6 Å². The molecular formula is C22H17F4N3O3S2. The van der Waals surface area contributed by atoms with Crippen LogP contribution in [0.1, 0.15) is 25.0 Å². The van der Waals surface area contributed by atoms with Crippen molar-refractivity contribution < 1.29 is 32.2 Å². The van der Waals surface area contributed by atoms with Crippen LogP contribution in [0.15, 0.2) is 35.2 Å². The van der Waals surface area contributed by atoms with Crippen LogP contribution >= 0.6 is 24.0 Å². The predicted molar refractivity (Wildman–Crippen MR) is 121 cm³/mol. The number of thiocarbonyl (C=S) groups is 1. The molecule has 1 fully saturated rings. The van der Waals surface area contributed by atoms with E-state index in [0.717, 1.165) is 21.9 Å². The molecule has 2 heterocycles. The Kier molecular flexibility index (Phi) is 6.00.